The second-order valence-electron chi connectivity index (χ2n) is 4.98. The van der Waals surface area contributed by atoms with Gasteiger partial charge in [0.1, 0.15) is 0 Å². The first-order valence-corrected chi connectivity index (χ1v) is 6.67. The lowest BCUT2D eigenvalue weighted by atomic mass is 10.0. The highest BCUT2D eigenvalue weighted by atomic mass is 15.3. The molecule has 2 heterocycles. The Kier molecular flexibility index (Phi) is 4.18. The average Bonchev–Trinajstić information content (AvgIpc) is 2.76. The van der Waals surface area contributed by atoms with Crippen LogP contribution in [0.1, 0.15) is 38.4 Å². The van der Waals surface area contributed by atoms with Gasteiger partial charge in [-0.1, -0.05) is 6.92 Å². The number of nitrogens with zero attached hydrogens (tertiary/aromatic N) is 3. The molecule has 4 heteroatoms. The van der Waals surface area contributed by atoms with Crippen LogP contribution in [0.25, 0.3) is 0 Å². The number of nitrogens with one attached hydrogen (secondary N) is 1. The fourth-order valence-corrected chi connectivity index (χ4v) is 2.66. The minimum absolute atomic E-state index is 0.390. The summed E-state index contributed by atoms with van der Waals surface area (Å²) >= 11 is 0. The standard InChI is InChI=1S/C13H24N4/c1-4-17-9-6-12(7-10-17)15-11(2)13-5-8-14-16(13)3/h5,8,11-12,15H,4,6-7,9-10H2,1-3H3. The number of rotatable bonds is 4. The van der Waals surface area contributed by atoms with E-state index in [9.17, 15) is 0 Å². The molecule has 4 nitrogen and oxygen atoms in total. The molecule has 0 saturated carbocycles. The molecule has 17 heavy (non-hydrogen) atoms. The maximum Gasteiger partial charge on any atom is 0.0547 e. The van der Waals surface area contributed by atoms with Gasteiger partial charge in [0.15, 0.2) is 0 Å². The Hall–Kier alpha value is -0.870. The van der Waals surface area contributed by atoms with Crippen molar-refractivity contribution in [3.8, 4) is 0 Å². The van der Waals surface area contributed by atoms with Crippen LogP contribution in [0.5, 0.6) is 0 Å². The molecule has 0 aromatic carbocycles. The van der Waals surface area contributed by atoms with E-state index in [0.717, 1.165) is 0 Å². The number of likely N-dealkylation sites (tertiary alicyclic amines) is 1. The smallest absolute Gasteiger partial charge is 0.0547 e. The summed E-state index contributed by atoms with van der Waals surface area (Å²) in [7, 11) is 2.01. The van der Waals surface area contributed by atoms with Gasteiger partial charge in [-0.05, 0) is 45.5 Å². The lowest BCUT2D eigenvalue weighted by Gasteiger charge is -2.33. The highest BCUT2D eigenvalue weighted by molar-refractivity contribution is 5.05. The van der Waals surface area contributed by atoms with Crippen LogP contribution in [0.4, 0.5) is 0 Å². The zero-order valence-corrected chi connectivity index (χ0v) is 11.2. The highest BCUT2D eigenvalue weighted by Gasteiger charge is 2.20. The van der Waals surface area contributed by atoms with Crippen molar-refractivity contribution < 1.29 is 0 Å². The third-order valence-electron chi connectivity index (χ3n) is 3.82. The molecule has 0 radical (unpaired) electrons. The molecule has 0 amide bonds. The highest BCUT2D eigenvalue weighted by Crippen LogP contribution is 2.16. The zero-order valence-electron chi connectivity index (χ0n) is 11.2. The van der Waals surface area contributed by atoms with Gasteiger partial charge < -0.3 is 10.2 Å². The van der Waals surface area contributed by atoms with Crippen LogP contribution in [-0.2, 0) is 7.05 Å². The quantitative estimate of drug-likeness (QED) is 0.861. The molecule has 1 aromatic heterocycles. The topological polar surface area (TPSA) is 33.1 Å². The first-order chi connectivity index (χ1) is 8.20. The number of aryl methyl sites for hydroxylation is 1. The summed E-state index contributed by atoms with van der Waals surface area (Å²) in [5.74, 6) is 0. The lowest BCUT2D eigenvalue weighted by molar-refractivity contribution is 0.199. The Morgan fingerprint density at radius 2 is 2.18 bits per heavy atom. The zero-order chi connectivity index (χ0) is 12.3. The fraction of sp³-hybridized carbons (Fsp3) is 0.769. The summed E-state index contributed by atoms with van der Waals surface area (Å²) in [6.45, 7) is 8.11. The molecule has 1 unspecified atom stereocenters. The van der Waals surface area contributed by atoms with E-state index in [1.807, 2.05) is 17.9 Å². The van der Waals surface area contributed by atoms with Crippen LogP contribution < -0.4 is 5.32 Å². The number of hydrogen-bond donors (Lipinski definition) is 1. The van der Waals surface area contributed by atoms with Crippen molar-refractivity contribution in [1.82, 2.24) is 20.0 Å². The molecular weight excluding hydrogens is 212 g/mol. The van der Waals surface area contributed by atoms with E-state index in [4.69, 9.17) is 0 Å². The molecule has 0 bridgehead atoms. The summed E-state index contributed by atoms with van der Waals surface area (Å²) < 4.78 is 1.96. The average molecular weight is 236 g/mol. The summed E-state index contributed by atoms with van der Waals surface area (Å²) in [6.07, 6.45) is 4.39. The molecule has 1 aliphatic heterocycles. The molecule has 1 aliphatic rings. The van der Waals surface area contributed by atoms with Gasteiger partial charge in [0.05, 0.1) is 5.69 Å². The van der Waals surface area contributed by atoms with Crippen LogP contribution in [0.2, 0.25) is 0 Å². The maximum absolute atomic E-state index is 4.22. The van der Waals surface area contributed by atoms with Crippen LogP contribution in [0, 0.1) is 0 Å². The number of piperidine rings is 1. The van der Waals surface area contributed by atoms with E-state index in [0.29, 0.717) is 12.1 Å². The Balaban J connectivity index is 1.84. The van der Waals surface area contributed by atoms with Crippen LogP contribution in [0.15, 0.2) is 12.3 Å². The van der Waals surface area contributed by atoms with Crippen LogP contribution >= 0.6 is 0 Å². The summed E-state index contributed by atoms with van der Waals surface area (Å²) in [4.78, 5) is 2.52. The van der Waals surface area contributed by atoms with Crippen molar-refractivity contribution in [2.45, 2.75) is 38.8 Å². The number of hydrogen-bond acceptors (Lipinski definition) is 3. The maximum atomic E-state index is 4.22. The lowest BCUT2D eigenvalue weighted by Crippen LogP contribution is -2.43. The molecule has 2 rings (SSSR count). The second-order valence-corrected chi connectivity index (χ2v) is 4.98. The largest absolute Gasteiger partial charge is 0.306 e. The first kappa shape index (κ1) is 12.6. The Labute approximate surface area is 104 Å². The molecular formula is C13H24N4. The second kappa shape index (κ2) is 5.65. The van der Waals surface area contributed by atoms with Crippen molar-refractivity contribution in [2.24, 2.45) is 7.05 Å². The van der Waals surface area contributed by atoms with E-state index >= 15 is 0 Å². The van der Waals surface area contributed by atoms with E-state index in [-0.39, 0.29) is 0 Å². The van der Waals surface area contributed by atoms with E-state index in [2.05, 4.69) is 35.2 Å². The third kappa shape index (κ3) is 3.07. The molecule has 1 aromatic rings. The van der Waals surface area contributed by atoms with Gasteiger partial charge in [-0.15, -0.1) is 0 Å². The molecule has 0 spiro atoms. The van der Waals surface area contributed by atoms with Crippen molar-refractivity contribution in [3.63, 3.8) is 0 Å². The van der Waals surface area contributed by atoms with Crippen molar-refractivity contribution >= 4 is 0 Å². The Morgan fingerprint density at radius 1 is 1.47 bits per heavy atom. The van der Waals surface area contributed by atoms with Gasteiger partial charge in [0.25, 0.3) is 0 Å². The van der Waals surface area contributed by atoms with Gasteiger partial charge in [-0.25, -0.2) is 0 Å². The summed E-state index contributed by atoms with van der Waals surface area (Å²) in [5.41, 5.74) is 1.27. The molecule has 1 fully saturated rings. The predicted octanol–water partition coefficient (Wildman–Crippen LogP) is 1.55. The summed E-state index contributed by atoms with van der Waals surface area (Å²) in [5, 5.41) is 7.94. The third-order valence-corrected chi connectivity index (χ3v) is 3.82. The van der Waals surface area contributed by atoms with Gasteiger partial charge in [0, 0.05) is 25.3 Å². The fourth-order valence-electron chi connectivity index (χ4n) is 2.66. The molecule has 96 valence electrons. The molecule has 1 atom stereocenters. The van der Waals surface area contributed by atoms with Crippen molar-refractivity contribution in [1.29, 1.82) is 0 Å². The van der Waals surface area contributed by atoms with Crippen LogP contribution in [0.3, 0.4) is 0 Å². The van der Waals surface area contributed by atoms with E-state index in [1.165, 1.54) is 38.2 Å². The molecule has 0 aliphatic carbocycles. The summed E-state index contributed by atoms with van der Waals surface area (Å²) in [6, 6.07) is 3.14. The Bertz CT molecular complexity index is 339. The normalized spacial score (nSPS) is 20.6. The monoisotopic (exact) mass is 236 g/mol. The van der Waals surface area contributed by atoms with Crippen LogP contribution in [-0.4, -0.2) is 40.4 Å². The SMILES string of the molecule is CCN1CCC(NC(C)c2ccnn2C)CC1. The van der Waals surface area contributed by atoms with Crippen molar-refractivity contribution in [2.75, 3.05) is 19.6 Å². The molecule has 1 N–H and O–H groups in total. The first-order valence-electron chi connectivity index (χ1n) is 6.67. The minimum atomic E-state index is 0.390. The molecule has 1 saturated heterocycles. The van der Waals surface area contributed by atoms with Gasteiger partial charge in [-0.2, -0.15) is 5.10 Å². The van der Waals surface area contributed by atoms with Gasteiger partial charge in [-0.3, -0.25) is 4.68 Å². The minimum Gasteiger partial charge on any atom is -0.306 e. The Morgan fingerprint density at radius 3 is 2.71 bits per heavy atom. The number of aromatic nitrogens is 2. The van der Waals surface area contributed by atoms with E-state index in [1.54, 1.807) is 0 Å². The van der Waals surface area contributed by atoms with E-state index < -0.39 is 0 Å². The van der Waals surface area contributed by atoms with Gasteiger partial charge in [0.2, 0.25) is 0 Å². The van der Waals surface area contributed by atoms with Gasteiger partial charge >= 0.3 is 0 Å². The predicted molar refractivity (Wildman–Crippen MR) is 69.9 cm³/mol. The van der Waals surface area contributed by atoms with Crippen molar-refractivity contribution in [3.05, 3.63) is 18.0 Å².